The molecular formula is C54H37N5. The molecule has 0 unspecified atom stereocenters. The van der Waals surface area contributed by atoms with Crippen LogP contribution in [0.2, 0.25) is 0 Å². The lowest BCUT2D eigenvalue weighted by Crippen LogP contribution is -2.05. The standard InChI is InChI=1S/C54H37N5/c1-55-53(38-17-6-3-7-18-38)57-54(56-35-36-15-4-2-5-16-36)41-21-14-20-39(33-41)37-27-29-42(30-28-37)58-47-26-13-11-24-45(47)52-48(58)31-32-49-51(52)44-23-10-9-22-43(44)50-34-40-19-8-12-25-46(40)59(49)50/h2-34H,1,35H2. The summed E-state index contributed by atoms with van der Waals surface area (Å²) in [6, 6.07) is 70.8. The van der Waals surface area contributed by atoms with Crippen molar-refractivity contribution in [2.45, 2.75) is 6.54 Å². The highest BCUT2D eigenvalue weighted by molar-refractivity contribution is 6.30. The van der Waals surface area contributed by atoms with E-state index in [1.165, 1.54) is 59.9 Å². The zero-order valence-electron chi connectivity index (χ0n) is 32.2. The molecule has 11 rings (SSSR count). The third-order valence-electron chi connectivity index (χ3n) is 11.5. The minimum atomic E-state index is 0.495. The third kappa shape index (κ3) is 5.82. The van der Waals surface area contributed by atoms with Gasteiger partial charge in [-0.05, 0) is 77.3 Å². The molecule has 0 bridgehead atoms. The lowest BCUT2D eigenvalue weighted by Gasteiger charge is -2.13. The number of aromatic nitrogens is 2. The van der Waals surface area contributed by atoms with Crippen molar-refractivity contribution in [1.82, 2.24) is 8.97 Å². The highest BCUT2D eigenvalue weighted by Crippen LogP contribution is 2.42. The maximum atomic E-state index is 5.02. The first-order valence-electron chi connectivity index (χ1n) is 19.9. The van der Waals surface area contributed by atoms with Gasteiger partial charge in [-0.1, -0.05) is 152 Å². The Labute approximate surface area is 341 Å². The molecule has 0 aliphatic heterocycles. The van der Waals surface area contributed by atoms with E-state index in [2.05, 4.69) is 172 Å². The van der Waals surface area contributed by atoms with Crippen LogP contribution >= 0.6 is 0 Å². The molecule has 11 aromatic rings. The van der Waals surface area contributed by atoms with Crippen molar-refractivity contribution in [2.75, 3.05) is 0 Å². The Hall–Kier alpha value is -7.89. The SMILES string of the molecule is C=NC(=NC(=NCc1ccccc1)c1cccc(-c2ccc(-n3c4ccccc4c4c5c6ccccc6c6cc7ccccc7n6c5ccc43)cc2)c1)c1ccccc1. The summed E-state index contributed by atoms with van der Waals surface area (Å²) in [5, 5.41) is 7.52. The van der Waals surface area contributed by atoms with E-state index in [4.69, 9.17) is 9.98 Å². The van der Waals surface area contributed by atoms with Gasteiger partial charge < -0.3 is 8.97 Å². The van der Waals surface area contributed by atoms with Crippen LogP contribution in [0.15, 0.2) is 215 Å². The number of para-hydroxylation sites is 2. The minimum absolute atomic E-state index is 0.495. The summed E-state index contributed by atoms with van der Waals surface area (Å²) in [5.41, 5.74) is 12.2. The summed E-state index contributed by atoms with van der Waals surface area (Å²) in [6.07, 6.45) is 0. The molecule has 0 aliphatic carbocycles. The smallest absolute Gasteiger partial charge is 0.161 e. The summed E-state index contributed by atoms with van der Waals surface area (Å²) in [6.45, 7) is 4.34. The first-order chi connectivity index (χ1) is 29.2. The van der Waals surface area contributed by atoms with E-state index >= 15 is 0 Å². The zero-order valence-corrected chi connectivity index (χ0v) is 32.2. The molecule has 8 aromatic carbocycles. The van der Waals surface area contributed by atoms with Gasteiger partial charge in [0.25, 0.3) is 0 Å². The minimum Gasteiger partial charge on any atom is -0.309 e. The molecule has 5 heteroatoms. The van der Waals surface area contributed by atoms with Gasteiger partial charge in [-0.2, -0.15) is 0 Å². The Kier molecular flexibility index (Phi) is 8.30. The number of hydrogen-bond donors (Lipinski definition) is 0. The second kappa shape index (κ2) is 14.2. The van der Waals surface area contributed by atoms with Crippen LogP contribution in [-0.4, -0.2) is 27.4 Å². The Morgan fingerprint density at radius 2 is 1.08 bits per heavy atom. The number of nitrogens with zero attached hydrogens (tertiary/aromatic N) is 5. The van der Waals surface area contributed by atoms with E-state index in [9.17, 15) is 0 Å². The largest absolute Gasteiger partial charge is 0.309 e. The molecule has 3 heterocycles. The molecule has 0 saturated carbocycles. The van der Waals surface area contributed by atoms with Gasteiger partial charge in [0.1, 0.15) is 0 Å². The van der Waals surface area contributed by atoms with Crippen molar-refractivity contribution in [2.24, 2.45) is 15.0 Å². The molecule has 3 aromatic heterocycles. The van der Waals surface area contributed by atoms with Crippen LogP contribution in [0.3, 0.4) is 0 Å². The van der Waals surface area contributed by atoms with E-state index in [1.807, 2.05) is 48.5 Å². The number of amidine groups is 2. The summed E-state index contributed by atoms with van der Waals surface area (Å²) in [5.74, 6) is 1.14. The molecule has 0 N–H and O–H groups in total. The second-order valence-corrected chi connectivity index (χ2v) is 14.9. The van der Waals surface area contributed by atoms with Crippen LogP contribution in [0.1, 0.15) is 16.7 Å². The van der Waals surface area contributed by atoms with E-state index in [-0.39, 0.29) is 0 Å². The predicted molar refractivity (Wildman–Crippen MR) is 249 cm³/mol. The number of fused-ring (bicyclic) bond motifs is 12. The average molecular weight is 756 g/mol. The van der Waals surface area contributed by atoms with Crippen LogP contribution < -0.4 is 0 Å². The quantitative estimate of drug-likeness (QED) is 0.0922. The Balaban J connectivity index is 1.04. The third-order valence-corrected chi connectivity index (χ3v) is 11.5. The van der Waals surface area contributed by atoms with E-state index < -0.39 is 0 Å². The molecule has 0 spiro atoms. The number of rotatable bonds is 6. The van der Waals surface area contributed by atoms with E-state index in [0.29, 0.717) is 18.2 Å². The number of aliphatic imine (C=N–C) groups is 3. The Morgan fingerprint density at radius 1 is 0.441 bits per heavy atom. The maximum absolute atomic E-state index is 5.02. The fourth-order valence-corrected chi connectivity index (χ4v) is 8.78. The van der Waals surface area contributed by atoms with Crippen molar-refractivity contribution in [3.8, 4) is 16.8 Å². The first kappa shape index (κ1) is 34.4. The number of benzene rings is 8. The predicted octanol–water partition coefficient (Wildman–Crippen LogP) is 13.3. The molecule has 0 radical (unpaired) electrons. The van der Waals surface area contributed by atoms with Gasteiger partial charge in [0.05, 0.1) is 34.1 Å². The van der Waals surface area contributed by atoms with Gasteiger partial charge in [-0.25, -0.2) is 9.98 Å². The summed E-state index contributed by atoms with van der Waals surface area (Å²) in [4.78, 5) is 14.3. The van der Waals surface area contributed by atoms with Gasteiger partial charge in [0.15, 0.2) is 11.7 Å². The molecular weight excluding hydrogens is 719 g/mol. The Bertz CT molecular complexity index is 3460. The molecule has 5 nitrogen and oxygen atoms in total. The highest BCUT2D eigenvalue weighted by Gasteiger charge is 2.20. The number of pyridine rings is 1. The van der Waals surface area contributed by atoms with Crippen molar-refractivity contribution in [3.63, 3.8) is 0 Å². The van der Waals surface area contributed by atoms with Crippen molar-refractivity contribution >= 4 is 78.3 Å². The Morgan fingerprint density at radius 3 is 1.88 bits per heavy atom. The van der Waals surface area contributed by atoms with E-state index in [0.717, 1.165) is 33.5 Å². The molecule has 0 saturated heterocycles. The molecule has 0 aliphatic rings. The van der Waals surface area contributed by atoms with Crippen molar-refractivity contribution in [3.05, 3.63) is 217 Å². The lowest BCUT2D eigenvalue weighted by atomic mass is 10.00. The fourth-order valence-electron chi connectivity index (χ4n) is 8.78. The second-order valence-electron chi connectivity index (χ2n) is 14.9. The molecule has 0 atom stereocenters. The molecule has 278 valence electrons. The summed E-state index contributed by atoms with van der Waals surface area (Å²) >= 11 is 0. The van der Waals surface area contributed by atoms with Gasteiger partial charge in [-0.3, -0.25) is 4.99 Å². The maximum Gasteiger partial charge on any atom is 0.161 e. The van der Waals surface area contributed by atoms with Gasteiger partial charge >= 0.3 is 0 Å². The zero-order chi connectivity index (χ0) is 39.3. The van der Waals surface area contributed by atoms with Crippen molar-refractivity contribution in [1.29, 1.82) is 0 Å². The van der Waals surface area contributed by atoms with Crippen LogP contribution in [0.25, 0.3) is 76.7 Å². The molecule has 0 fully saturated rings. The van der Waals surface area contributed by atoms with Crippen LogP contribution in [0, 0.1) is 0 Å². The monoisotopic (exact) mass is 755 g/mol. The van der Waals surface area contributed by atoms with Gasteiger partial charge in [0, 0.05) is 43.7 Å². The van der Waals surface area contributed by atoms with Crippen molar-refractivity contribution < 1.29 is 0 Å². The molecule has 59 heavy (non-hydrogen) atoms. The van der Waals surface area contributed by atoms with Crippen LogP contribution in [-0.2, 0) is 6.54 Å². The first-order valence-corrected chi connectivity index (χ1v) is 19.9. The summed E-state index contributed by atoms with van der Waals surface area (Å²) in [7, 11) is 0. The van der Waals surface area contributed by atoms with E-state index in [1.54, 1.807) is 0 Å². The normalized spacial score (nSPS) is 12.4. The van der Waals surface area contributed by atoms with Gasteiger partial charge in [0.2, 0.25) is 0 Å². The summed E-state index contributed by atoms with van der Waals surface area (Å²) < 4.78 is 4.86. The highest BCUT2D eigenvalue weighted by atomic mass is 15.0. The topological polar surface area (TPSA) is 46.4 Å². The van der Waals surface area contributed by atoms with Gasteiger partial charge in [-0.15, -0.1) is 0 Å². The lowest BCUT2D eigenvalue weighted by molar-refractivity contribution is 1.06. The fraction of sp³-hybridized carbons (Fsp3) is 0.0185. The average Bonchev–Trinajstić information content (AvgIpc) is 3.87. The molecule has 0 amide bonds. The van der Waals surface area contributed by atoms with Crippen LogP contribution in [0.5, 0.6) is 0 Å². The van der Waals surface area contributed by atoms with Crippen LogP contribution in [0.4, 0.5) is 0 Å². The number of hydrogen-bond acceptors (Lipinski definition) is 1.